The topological polar surface area (TPSA) is 123 Å². The van der Waals surface area contributed by atoms with Crippen molar-refractivity contribution in [2.75, 3.05) is 19.4 Å². The third kappa shape index (κ3) is 5.04. The summed E-state index contributed by atoms with van der Waals surface area (Å²) in [5.41, 5.74) is 1.82. The molecule has 0 aliphatic rings. The molecule has 0 aliphatic heterocycles. The molecule has 2 aromatic heterocycles. The third-order valence-corrected chi connectivity index (χ3v) is 6.87. The highest BCUT2D eigenvalue weighted by Crippen LogP contribution is 2.23. The summed E-state index contributed by atoms with van der Waals surface area (Å²) in [6.07, 6.45) is 1.88. The highest BCUT2D eigenvalue weighted by atomic mass is 32.2. The van der Waals surface area contributed by atoms with Crippen LogP contribution in [-0.4, -0.2) is 59.6 Å². The Balaban J connectivity index is 1.73. The van der Waals surface area contributed by atoms with Gasteiger partial charge in [-0.25, -0.2) is 27.2 Å². The Labute approximate surface area is 192 Å². The van der Waals surface area contributed by atoms with Crippen molar-refractivity contribution >= 4 is 38.6 Å². The fourth-order valence-corrected chi connectivity index (χ4v) is 3.98. The number of benzene rings is 1. The molecule has 176 valence electrons. The summed E-state index contributed by atoms with van der Waals surface area (Å²) in [6.45, 7) is 7.12. The molecule has 0 aliphatic carbocycles. The number of esters is 1. The van der Waals surface area contributed by atoms with Gasteiger partial charge >= 0.3 is 5.97 Å². The van der Waals surface area contributed by atoms with Crippen molar-refractivity contribution in [1.82, 2.24) is 19.1 Å². The zero-order chi connectivity index (χ0) is 24.5. The fraction of sp³-hybridized carbons (Fsp3) is 0.364. The lowest BCUT2D eigenvalue weighted by Gasteiger charge is -2.17. The van der Waals surface area contributed by atoms with Crippen LogP contribution in [0, 0.1) is 6.92 Å². The Morgan fingerprint density at radius 3 is 2.45 bits per heavy atom. The Hall–Kier alpha value is -3.31. The van der Waals surface area contributed by atoms with Gasteiger partial charge in [0.1, 0.15) is 0 Å². The van der Waals surface area contributed by atoms with Crippen molar-refractivity contribution < 1.29 is 22.7 Å². The molecule has 0 bridgehead atoms. The first-order chi connectivity index (χ1) is 15.4. The number of carbonyl (C=O) groups excluding carboxylic acids is 2. The standard InChI is InChI=1S/C22H27N5O5S/c1-13(2)27-20-16(12-24-27)9-17(11-23-20)22(29)32-15(4)21(28)25-19-10-18(8-7-14(19)3)33(30,31)26(5)6/h7-13,15H,1-6H3,(H,25,28). The van der Waals surface area contributed by atoms with Crippen LogP contribution in [0.3, 0.4) is 0 Å². The maximum atomic E-state index is 12.6. The van der Waals surface area contributed by atoms with Gasteiger partial charge in [-0.2, -0.15) is 5.10 Å². The first kappa shape index (κ1) is 24.3. The number of anilines is 1. The summed E-state index contributed by atoms with van der Waals surface area (Å²) < 4.78 is 32.9. The zero-order valence-corrected chi connectivity index (χ0v) is 20.2. The van der Waals surface area contributed by atoms with Gasteiger partial charge in [-0.1, -0.05) is 6.07 Å². The fourth-order valence-electron chi connectivity index (χ4n) is 3.05. The molecule has 3 aromatic rings. The molecule has 1 aromatic carbocycles. The van der Waals surface area contributed by atoms with E-state index in [2.05, 4.69) is 15.4 Å². The van der Waals surface area contributed by atoms with E-state index in [4.69, 9.17) is 4.74 Å². The number of nitrogens with one attached hydrogen (secondary N) is 1. The van der Waals surface area contributed by atoms with E-state index in [1.807, 2.05) is 13.8 Å². The van der Waals surface area contributed by atoms with Crippen molar-refractivity contribution in [1.29, 1.82) is 0 Å². The SMILES string of the molecule is Cc1ccc(S(=O)(=O)N(C)C)cc1NC(=O)C(C)OC(=O)c1cnc2c(cnn2C(C)C)c1. The minimum absolute atomic E-state index is 0.0411. The zero-order valence-electron chi connectivity index (χ0n) is 19.4. The smallest absolute Gasteiger partial charge is 0.340 e. The minimum Gasteiger partial charge on any atom is -0.449 e. The summed E-state index contributed by atoms with van der Waals surface area (Å²) in [5, 5.41) is 7.59. The van der Waals surface area contributed by atoms with E-state index in [1.165, 1.54) is 39.3 Å². The van der Waals surface area contributed by atoms with Gasteiger partial charge in [-0.05, 0) is 51.5 Å². The molecule has 0 saturated carbocycles. The molecular weight excluding hydrogens is 446 g/mol. The number of aromatic nitrogens is 3. The van der Waals surface area contributed by atoms with Crippen molar-refractivity contribution in [3.05, 3.63) is 47.8 Å². The Morgan fingerprint density at radius 2 is 1.82 bits per heavy atom. The predicted octanol–water partition coefficient (Wildman–Crippen LogP) is 2.75. The van der Waals surface area contributed by atoms with Crippen LogP contribution in [0.2, 0.25) is 0 Å². The molecule has 1 N–H and O–H groups in total. The van der Waals surface area contributed by atoms with Gasteiger partial charge in [0.25, 0.3) is 5.91 Å². The van der Waals surface area contributed by atoms with E-state index in [-0.39, 0.29) is 16.5 Å². The van der Waals surface area contributed by atoms with Gasteiger partial charge in [0.15, 0.2) is 11.8 Å². The van der Waals surface area contributed by atoms with Crippen molar-refractivity contribution in [2.45, 2.75) is 44.7 Å². The molecule has 0 spiro atoms. The van der Waals surface area contributed by atoms with Crippen LogP contribution in [0.1, 0.15) is 42.7 Å². The lowest BCUT2D eigenvalue weighted by Crippen LogP contribution is -2.30. The number of amides is 1. The summed E-state index contributed by atoms with van der Waals surface area (Å²) in [4.78, 5) is 29.6. The van der Waals surface area contributed by atoms with Gasteiger partial charge in [-0.15, -0.1) is 0 Å². The molecule has 1 unspecified atom stereocenters. The number of pyridine rings is 1. The second-order valence-electron chi connectivity index (χ2n) is 8.12. The van der Waals surface area contributed by atoms with Crippen LogP contribution >= 0.6 is 0 Å². The van der Waals surface area contributed by atoms with E-state index in [9.17, 15) is 18.0 Å². The Bertz CT molecular complexity index is 1310. The number of hydrogen-bond acceptors (Lipinski definition) is 7. The van der Waals surface area contributed by atoms with Gasteiger partial charge in [0.2, 0.25) is 10.0 Å². The Kier molecular flexibility index (Phi) is 6.84. The summed E-state index contributed by atoms with van der Waals surface area (Å²) in [5.74, 6) is -1.29. The van der Waals surface area contributed by atoms with E-state index in [0.717, 1.165) is 4.31 Å². The molecule has 1 amide bonds. The number of ether oxygens (including phenoxy) is 1. The molecule has 2 heterocycles. The highest BCUT2D eigenvalue weighted by molar-refractivity contribution is 7.89. The maximum absolute atomic E-state index is 12.6. The van der Waals surface area contributed by atoms with E-state index in [1.54, 1.807) is 29.9 Å². The molecule has 10 nitrogen and oxygen atoms in total. The second-order valence-corrected chi connectivity index (χ2v) is 10.3. The number of aryl methyl sites for hydroxylation is 1. The molecule has 3 rings (SSSR count). The van der Waals surface area contributed by atoms with Crippen molar-refractivity contribution in [3.8, 4) is 0 Å². The number of rotatable bonds is 7. The average molecular weight is 474 g/mol. The molecule has 0 fully saturated rings. The maximum Gasteiger partial charge on any atom is 0.340 e. The highest BCUT2D eigenvalue weighted by Gasteiger charge is 2.23. The van der Waals surface area contributed by atoms with Crippen LogP contribution in [0.15, 0.2) is 41.6 Å². The molecule has 0 saturated heterocycles. The molecule has 33 heavy (non-hydrogen) atoms. The largest absolute Gasteiger partial charge is 0.449 e. The normalized spacial score (nSPS) is 12.8. The average Bonchev–Trinajstić information content (AvgIpc) is 3.18. The van der Waals surface area contributed by atoms with E-state index in [0.29, 0.717) is 22.3 Å². The first-order valence-corrected chi connectivity index (χ1v) is 11.7. The first-order valence-electron chi connectivity index (χ1n) is 10.3. The summed E-state index contributed by atoms with van der Waals surface area (Å²) in [7, 11) is -0.815. The number of hydrogen-bond donors (Lipinski definition) is 1. The van der Waals surface area contributed by atoms with Crippen LogP contribution in [0.5, 0.6) is 0 Å². The van der Waals surface area contributed by atoms with Gasteiger partial charge in [-0.3, -0.25) is 4.79 Å². The quantitative estimate of drug-likeness (QED) is 0.523. The lowest BCUT2D eigenvalue weighted by atomic mass is 10.2. The van der Waals surface area contributed by atoms with Gasteiger partial charge < -0.3 is 10.1 Å². The van der Waals surface area contributed by atoms with E-state index >= 15 is 0 Å². The van der Waals surface area contributed by atoms with Crippen LogP contribution in [0.4, 0.5) is 5.69 Å². The monoisotopic (exact) mass is 473 g/mol. The molecule has 1 atom stereocenters. The second kappa shape index (κ2) is 9.28. The lowest BCUT2D eigenvalue weighted by molar-refractivity contribution is -0.123. The Morgan fingerprint density at radius 1 is 1.12 bits per heavy atom. The third-order valence-electron chi connectivity index (χ3n) is 5.06. The summed E-state index contributed by atoms with van der Waals surface area (Å²) >= 11 is 0. The molecule has 0 radical (unpaired) electrons. The molecule has 11 heteroatoms. The molecular formula is C22H27N5O5S. The van der Waals surface area contributed by atoms with Gasteiger partial charge in [0, 0.05) is 37.4 Å². The number of nitrogens with zero attached hydrogens (tertiary/aromatic N) is 4. The predicted molar refractivity (Wildman–Crippen MR) is 123 cm³/mol. The van der Waals surface area contributed by atoms with Gasteiger partial charge in [0.05, 0.1) is 16.7 Å². The van der Waals surface area contributed by atoms with Crippen LogP contribution in [-0.2, 0) is 19.6 Å². The van der Waals surface area contributed by atoms with Crippen molar-refractivity contribution in [3.63, 3.8) is 0 Å². The van der Waals surface area contributed by atoms with Crippen LogP contribution in [0.25, 0.3) is 11.0 Å². The van der Waals surface area contributed by atoms with E-state index < -0.39 is 28.0 Å². The number of sulfonamides is 1. The summed E-state index contributed by atoms with van der Waals surface area (Å²) in [6, 6.07) is 6.17. The van der Waals surface area contributed by atoms with Crippen molar-refractivity contribution in [2.24, 2.45) is 0 Å². The number of carbonyl (C=O) groups is 2. The number of fused-ring (bicyclic) bond motifs is 1. The van der Waals surface area contributed by atoms with Crippen LogP contribution < -0.4 is 5.32 Å². The minimum atomic E-state index is -3.67.